The van der Waals surface area contributed by atoms with Gasteiger partial charge in [-0.3, -0.25) is 0 Å². The van der Waals surface area contributed by atoms with Gasteiger partial charge in [-0.25, -0.2) is 9.59 Å². The van der Waals surface area contributed by atoms with Crippen LogP contribution < -0.4 is 5.32 Å². The van der Waals surface area contributed by atoms with E-state index in [0.29, 0.717) is 6.04 Å². The summed E-state index contributed by atoms with van der Waals surface area (Å²) in [6, 6.07) is -0.424. The van der Waals surface area contributed by atoms with Gasteiger partial charge in [-0.05, 0) is 31.6 Å². The average molecular weight is 270 g/mol. The molecule has 0 saturated carbocycles. The molecule has 19 heavy (non-hydrogen) atoms. The van der Waals surface area contributed by atoms with E-state index in [1.165, 1.54) is 13.5 Å². The molecular formula is C14H26N2O3. The van der Waals surface area contributed by atoms with Crippen LogP contribution in [0.1, 0.15) is 46.5 Å². The van der Waals surface area contributed by atoms with Crippen LogP contribution in [0.4, 0.5) is 4.79 Å². The second kappa shape index (κ2) is 7.36. The van der Waals surface area contributed by atoms with E-state index in [4.69, 9.17) is 4.74 Å². The zero-order valence-electron chi connectivity index (χ0n) is 12.4. The van der Waals surface area contributed by atoms with Crippen molar-refractivity contribution >= 4 is 12.0 Å². The Labute approximate surface area is 115 Å². The third kappa shape index (κ3) is 4.11. The Morgan fingerprint density at radius 1 is 1.37 bits per heavy atom. The Balaban J connectivity index is 2.67. The van der Waals surface area contributed by atoms with E-state index in [9.17, 15) is 9.59 Å². The highest BCUT2D eigenvalue weighted by atomic mass is 16.5. The minimum Gasteiger partial charge on any atom is -0.467 e. The maximum absolute atomic E-state index is 12.3. The lowest BCUT2D eigenvalue weighted by molar-refractivity contribution is -0.144. The van der Waals surface area contributed by atoms with Gasteiger partial charge in [-0.15, -0.1) is 0 Å². The molecule has 5 nitrogen and oxygen atoms in total. The monoisotopic (exact) mass is 270 g/mol. The van der Waals surface area contributed by atoms with Crippen molar-refractivity contribution in [2.45, 2.75) is 58.5 Å². The average Bonchev–Trinajstić information content (AvgIpc) is 2.43. The molecule has 2 atom stereocenters. The van der Waals surface area contributed by atoms with Crippen molar-refractivity contribution in [3.63, 3.8) is 0 Å². The van der Waals surface area contributed by atoms with Gasteiger partial charge in [-0.2, -0.15) is 0 Å². The fourth-order valence-corrected chi connectivity index (χ4v) is 2.53. The van der Waals surface area contributed by atoms with Gasteiger partial charge in [0.25, 0.3) is 0 Å². The van der Waals surface area contributed by atoms with Crippen LogP contribution in [0, 0.1) is 5.92 Å². The molecule has 2 unspecified atom stereocenters. The molecule has 1 aliphatic rings. The Morgan fingerprint density at radius 3 is 2.58 bits per heavy atom. The molecule has 1 fully saturated rings. The van der Waals surface area contributed by atoms with Gasteiger partial charge in [0.15, 0.2) is 0 Å². The number of nitrogens with zero attached hydrogens (tertiary/aromatic N) is 1. The molecule has 0 bridgehead atoms. The van der Waals surface area contributed by atoms with Gasteiger partial charge in [-0.1, -0.05) is 20.8 Å². The zero-order valence-corrected chi connectivity index (χ0v) is 12.4. The summed E-state index contributed by atoms with van der Waals surface area (Å²) in [5.74, 6) is -0.366. The number of hydrogen-bond acceptors (Lipinski definition) is 3. The van der Waals surface area contributed by atoms with Crippen molar-refractivity contribution in [2.24, 2.45) is 5.92 Å². The van der Waals surface area contributed by atoms with Crippen LogP contribution in [0.3, 0.4) is 0 Å². The van der Waals surface area contributed by atoms with Gasteiger partial charge in [0.05, 0.1) is 7.11 Å². The molecular weight excluding hydrogens is 244 g/mol. The highest BCUT2D eigenvalue weighted by Gasteiger charge is 2.30. The standard InChI is InChI=1S/C14H26N2O3/c1-5-11-8-6-7-9-16(11)14(18)15-12(10(2)3)13(17)19-4/h10-12H,5-9H2,1-4H3,(H,15,18). The highest BCUT2D eigenvalue weighted by Crippen LogP contribution is 2.19. The van der Waals surface area contributed by atoms with Gasteiger partial charge in [0.1, 0.15) is 6.04 Å². The van der Waals surface area contributed by atoms with E-state index in [1.54, 1.807) is 0 Å². The van der Waals surface area contributed by atoms with Gasteiger partial charge < -0.3 is 15.0 Å². The molecule has 110 valence electrons. The van der Waals surface area contributed by atoms with Crippen molar-refractivity contribution < 1.29 is 14.3 Å². The largest absolute Gasteiger partial charge is 0.467 e. The summed E-state index contributed by atoms with van der Waals surface area (Å²) >= 11 is 0. The Morgan fingerprint density at radius 2 is 2.05 bits per heavy atom. The molecule has 1 saturated heterocycles. The maximum Gasteiger partial charge on any atom is 0.328 e. The quantitative estimate of drug-likeness (QED) is 0.796. The first-order valence-corrected chi connectivity index (χ1v) is 7.16. The van der Waals surface area contributed by atoms with Crippen LogP contribution in [-0.4, -0.2) is 42.6 Å². The Kier molecular flexibility index (Phi) is 6.12. The number of amides is 2. The number of carbonyl (C=O) groups is 2. The minimum absolute atomic E-state index is 0.0151. The van der Waals surface area contributed by atoms with E-state index < -0.39 is 6.04 Å². The molecule has 1 aliphatic heterocycles. The fraction of sp³-hybridized carbons (Fsp3) is 0.857. The lowest BCUT2D eigenvalue weighted by atomic mass is 10.00. The van der Waals surface area contributed by atoms with Crippen LogP contribution >= 0.6 is 0 Å². The summed E-state index contributed by atoms with van der Waals surface area (Å²) in [6.07, 6.45) is 4.22. The van der Waals surface area contributed by atoms with Gasteiger partial charge in [0.2, 0.25) is 0 Å². The van der Waals surface area contributed by atoms with E-state index in [0.717, 1.165) is 25.8 Å². The maximum atomic E-state index is 12.3. The predicted molar refractivity (Wildman–Crippen MR) is 73.8 cm³/mol. The van der Waals surface area contributed by atoms with Crippen molar-refractivity contribution in [3.8, 4) is 0 Å². The van der Waals surface area contributed by atoms with Crippen molar-refractivity contribution in [3.05, 3.63) is 0 Å². The number of carbonyl (C=O) groups excluding carboxylic acids is 2. The number of piperidine rings is 1. The molecule has 1 rings (SSSR count). The number of rotatable bonds is 4. The van der Waals surface area contributed by atoms with Gasteiger partial charge >= 0.3 is 12.0 Å². The van der Waals surface area contributed by atoms with Crippen molar-refractivity contribution in [1.82, 2.24) is 10.2 Å². The third-order valence-corrected chi connectivity index (χ3v) is 3.76. The number of urea groups is 1. The molecule has 0 aromatic rings. The molecule has 0 aromatic heterocycles. The van der Waals surface area contributed by atoms with Crippen molar-refractivity contribution in [1.29, 1.82) is 0 Å². The lowest BCUT2D eigenvalue weighted by Crippen LogP contribution is -2.54. The van der Waals surface area contributed by atoms with Gasteiger partial charge in [0, 0.05) is 12.6 Å². The van der Waals surface area contributed by atoms with E-state index >= 15 is 0 Å². The molecule has 0 aliphatic carbocycles. The second-order valence-corrected chi connectivity index (χ2v) is 5.45. The highest BCUT2D eigenvalue weighted by molar-refractivity contribution is 5.84. The summed E-state index contributed by atoms with van der Waals surface area (Å²) in [7, 11) is 1.35. The zero-order chi connectivity index (χ0) is 14.4. The molecule has 5 heteroatoms. The normalized spacial score (nSPS) is 21.1. The predicted octanol–water partition coefficient (Wildman–Crippen LogP) is 2.16. The molecule has 1 N–H and O–H groups in total. The SMILES string of the molecule is CCC1CCCCN1C(=O)NC(C(=O)OC)C(C)C. The van der Waals surface area contributed by atoms with E-state index in [2.05, 4.69) is 12.2 Å². The van der Waals surface area contributed by atoms with Crippen LogP contribution in [-0.2, 0) is 9.53 Å². The third-order valence-electron chi connectivity index (χ3n) is 3.76. The smallest absolute Gasteiger partial charge is 0.328 e. The van der Waals surface area contributed by atoms with Crippen LogP contribution in [0.2, 0.25) is 0 Å². The fourth-order valence-electron chi connectivity index (χ4n) is 2.53. The molecule has 0 spiro atoms. The van der Waals surface area contributed by atoms with Crippen molar-refractivity contribution in [2.75, 3.05) is 13.7 Å². The number of likely N-dealkylation sites (tertiary alicyclic amines) is 1. The Hall–Kier alpha value is -1.26. The molecule has 0 radical (unpaired) electrons. The summed E-state index contributed by atoms with van der Waals surface area (Å²) in [4.78, 5) is 25.8. The van der Waals surface area contributed by atoms with E-state index in [-0.39, 0.29) is 17.9 Å². The van der Waals surface area contributed by atoms with E-state index in [1.807, 2.05) is 18.7 Å². The summed E-state index contributed by atoms with van der Waals surface area (Å²) in [6.45, 7) is 6.66. The molecule has 2 amide bonds. The van der Waals surface area contributed by atoms with Crippen LogP contribution in [0.15, 0.2) is 0 Å². The lowest BCUT2D eigenvalue weighted by Gasteiger charge is -2.36. The summed E-state index contributed by atoms with van der Waals surface area (Å²) < 4.78 is 4.74. The first-order valence-electron chi connectivity index (χ1n) is 7.16. The summed E-state index contributed by atoms with van der Waals surface area (Å²) in [5.41, 5.74) is 0. The number of hydrogen-bond donors (Lipinski definition) is 1. The summed E-state index contributed by atoms with van der Waals surface area (Å²) in [5, 5.41) is 2.81. The van der Waals surface area contributed by atoms with Crippen LogP contribution in [0.25, 0.3) is 0 Å². The Bertz CT molecular complexity index is 318. The number of methoxy groups -OCH3 is 1. The first kappa shape index (κ1) is 15.8. The molecule has 1 heterocycles. The number of nitrogens with one attached hydrogen (secondary N) is 1. The first-order chi connectivity index (χ1) is 9.01. The minimum atomic E-state index is -0.572. The van der Waals surface area contributed by atoms with Crippen LogP contribution in [0.5, 0.6) is 0 Å². The number of esters is 1. The topological polar surface area (TPSA) is 58.6 Å². The number of ether oxygens (including phenoxy) is 1. The molecule has 0 aromatic carbocycles. The second-order valence-electron chi connectivity index (χ2n) is 5.45.